The Bertz CT molecular complexity index is 1120. The Balaban J connectivity index is 0.000000543. The van der Waals surface area contributed by atoms with Crippen LogP contribution >= 0.6 is 0 Å². The number of hydrogen-bond donors (Lipinski definition) is 2. The largest absolute Gasteiger partial charge is 2.00 e. The number of hydrogen-bond acceptors (Lipinski definition) is 4. The van der Waals surface area contributed by atoms with E-state index in [0.29, 0.717) is 0 Å². The Morgan fingerprint density at radius 1 is 0.349 bits per heavy atom. The molecule has 6 nitrogen and oxygen atoms in total. The molecule has 0 bridgehead atoms. The third kappa shape index (κ3) is 12.5. The van der Waals surface area contributed by atoms with Crippen molar-refractivity contribution in [2.75, 3.05) is 0 Å². The zero-order valence-electron chi connectivity index (χ0n) is 27.5. The molecule has 0 aliphatic heterocycles. The van der Waals surface area contributed by atoms with Crippen LogP contribution in [0.25, 0.3) is 0 Å². The van der Waals surface area contributed by atoms with Crippen LogP contribution in [0.1, 0.15) is 80.4 Å². The van der Waals surface area contributed by atoms with Crippen LogP contribution in [0.3, 0.4) is 0 Å². The van der Waals surface area contributed by atoms with Crippen LogP contribution in [-0.2, 0) is 46.4 Å². The third-order valence-electron chi connectivity index (χ3n) is 8.26. The average Bonchev–Trinajstić information content (AvgIpc) is 3.19. The molecule has 0 saturated heterocycles. The van der Waals surface area contributed by atoms with Gasteiger partial charge < -0.3 is 0 Å². The third-order valence-corrected chi connectivity index (χ3v) is 10.00. The molecular formula is C34H46O6S2Zr+2. The van der Waals surface area contributed by atoms with E-state index in [1.807, 2.05) is 13.8 Å². The molecule has 0 heterocycles. The van der Waals surface area contributed by atoms with Crippen LogP contribution in [0.2, 0.25) is 0 Å². The maximum absolute atomic E-state index is 10.5. The molecule has 0 unspecified atom stereocenters. The Labute approximate surface area is 282 Å². The van der Waals surface area contributed by atoms with Crippen LogP contribution in [0.15, 0.2) is 58.3 Å². The van der Waals surface area contributed by atoms with E-state index in [2.05, 4.69) is 69.2 Å². The molecular weight excluding hydrogens is 660 g/mol. The van der Waals surface area contributed by atoms with Crippen LogP contribution in [0.4, 0.5) is 0 Å². The summed E-state index contributed by atoms with van der Waals surface area (Å²) in [5.74, 6) is 14.7. The molecule has 2 aliphatic carbocycles. The van der Waals surface area contributed by atoms with Gasteiger partial charge in [0.2, 0.25) is 0 Å². The van der Waals surface area contributed by atoms with Gasteiger partial charge in [0.25, 0.3) is 20.2 Å². The molecule has 2 fully saturated rings. The number of rotatable bonds is 2. The van der Waals surface area contributed by atoms with Crippen molar-refractivity contribution in [2.45, 2.75) is 92.9 Å². The maximum Gasteiger partial charge on any atom is 2.00 e. The molecule has 10 radical (unpaired) electrons. The molecule has 4 rings (SSSR count). The monoisotopic (exact) mass is 704 g/mol. The van der Waals surface area contributed by atoms with Gasteiger partial charge in [0.05, 0.1) is 9.79 Å². The van der Waals surface area contributed by atoms with Gasteiger partial charge in [-0.05, 0) is 97.3 Å². The van der Waals surface area contributed by atoms with E-state index in [-0.39, 0.29) is 36.0 Å². The quantitative estimate of drug-likeness (QED) is 0.304. The predicted molar refractivity (Wildman–Crippen MR) is 171 cm³/mol. The Hall–Kier alpha value is -0.857. The second-order valence-corrected chi connectivity index (χ2v) is 13.7. The Morgan fingerprint density at radius 2 is 0.488 bits per heavy atom. The standard InChI is InChI=1S/2C10H15.2C7H8O3S.Zr/c2*1-6-7(2)9(4)10(5)8(6)3;2*1-6-2-4-7(5-3-6)11(8,9)10;/h2*1-5H3;2*2-5H,1H3,(H,8,9,10);/q;;;;+2. The van der Waals surface area contributed by atoms with Gasteiger partial charge in [-0.1, -0.05) is 105 Å². The van der Waals surface area contributed by atoms with E-state index in [1.165, 1.54) is 83.4 Å². The fourth-order valence-electron chi connectivity index (χ4n) is 4.23. The summed E-state index contributed by atoms with van der Waals surface area (Å²) in [5.41, 5.74) is 1.91. The number of benzene rings is 2. The van der Waals surface area contributed by atoms with Crippen molar-refractivity contribution in [3.8, 4) is 0 Å². The van der Waals surface area contributed by atoms with Gasteiger partial charge in [-0.25, -0.2) is 0 Å². The summed E-state index contributed by atoms with van der Waals surface area (Å²) in [7, 11) is -8.04. The van der Waals surface area contributed by atoms with E-state index in [1.54, 1.807) is 24.3 Å². The molecule has 2 saturated carbocycles. The molecule has 2 aromatic carbocycles. The van der Waals surface area contributed by atoms with Crippen molar-refractivity contribution in [1.29, 1.82) is 0 Å². The summed E-state index contributed by atoms with van der Waals surface area (Å²) in [6.45, 7) is 25.7. The molecule has 0 amide bonds. The van der Waals surface area contributed by atoms with Crippen molar-refractivity contribution in [3.05, 3.63) is 119 Å². The molecule has 2 aliphatic rings. The van der Waals surface area contributed by atoms with Crippen molar-refractivity contribution < 1.29 is 52.1 Å². The van der Waals surface area contributed by atoms with E-state index in [4.69, 9.17) is 9.11 Å². The fourth-order valence-corrected chi connectivity index (χ4v) is 5.19. The first kappa shape index (κ1) is 42.1. The minimum atomic E-state index is -4.02. The van der Waals surface area contributed by atoms with E-state index in [9.17, 15) is 16.8 Å². The first-order valence-corrected chi connectivity index (χ1v) is 16.5. The van der Waals surface area contributed by atoms with Gasteiger partial charge in [-0.15, -0.1) is 0 Å². The van der Waals surface area contributed by atoms with Crippen molar-refractivity contribution >= 4 is 20.2 Å². The Morgan fingerprint density at radius 3 is 0.605 bits per heavy atom. The smallest absolute Gasteiger partial charge is 0.282 e. The predicted octanol–water partition coefficient (Wildman–Crippen LogP) is 8.42. The second-order valence-electron chi connectivity index (χ2n) is 10.8. The molecule has 2 N–H and O–H groups in total. The van der Waals surface area contributed by atoms with Crippen LogP contribution in [0, 0.1) is 73.0 Å². The zero-order valence-corrected chi connectivity index (χ0v) is 31.6. The molecule has 0 aromatic heterocycles. The van der Waals surface area contributed by atoms with Crippen molar-refractivity contribution in [2.24, 2.45) is 0 Å². The molecule has 2 aromatic rings. The molecule has 9 heteroatoms. The second kappa shape index (κ2) is 17.7. The maximum atomic E-state index is 10.5. The summed E-state index contributed by atoms with van der Waals surface area (Å²) in [6.07, 6.45) is 0. The van der Waals surface area contributed by atoms with E-state index in [0.717, 1.165) is 11.1 Å². The Kier molecular flexibility index (Phi) is 17.4. The summed E-state index contributed by atoms with van der Waals surface area (Å²) in [5, 5.41) is 0. The molecule has 0 spiro atoms. The van der Waals surface area contributed by atoms with Gasteiger partial charge in [0.1, 0.15) is 0 Å². The van der Waals surface area contributed by atoms with Gasteiger partial charge in [-0.3, -0.25) is 9.11 Å². The SMILES string of the molecule is C[C]1[C](C)[C](C)[C](C)[C]1C.C[C]1[C](C)[C](C)[C](C)[C]1C.Cc1ccc(S(=O)(=O)O)cc1.Cc1ccc(S(=O)(=O)O)cc1.[Zr+2]. The summed E-state index contributed by atoms with van der Waals surface area (Å²) >= 11 is 0. The van der Waals surface area contributed by atoms with E-state index >= 15 is 0 Å². The molecule has 0 atom stereocenters. The average molecular weight is 706 g/mol. The summed E-state index contributed by atoms with van der Waals surface area (Å²) in [4.78, 5) is -0.133. The first-order chi connectivity index (χ1) is 19.1. The minimum Gasteiger partial charge on any atom is -0.282 e. The van der Waals surface area contributed by atoms with Gasteiger partial charge in [-0.2, -0.15) is 16.8 Å². The normalized spacial score (nSPS) is 19.1. The zero-order chi connectivity index (χ0) is 32.7. The first-order valence-electron chi connectivity index (χ1n) is 13.6. The van der Waals surface area contributed by atoms with Crippen molar-refractivity contribution in [1.82, 2.24) is 0 Å². The molecule has 43 heavy (non-hydrogen) atoms. The van der Waals surface area contributed by atoms with Crippen molar-refractivity contribution in [3.63, 3.8) is 0 Å². The molecule has 232 valence electrons. The van der Waals surface area contributed by atoms with E-state index < -0.39 is 20.2 Å². The minimum absolute atomic E-state index is 0. The van der Waals surface area contributed by atoms with Crippen LogP contribution in [-0.4, -0.2) is 25.9 Å². The summed E-state index contributed by atoms with van der Waals surface area (Å²) < 4.78 is 59.1. The number of aryl methyl sites for hydroxylation is 2. The summed E-state index contributed by atoms with van der Waals surface area (Å²) in [6, 6.07) is 12.0. The van der Waals surface area contributed by atoms with Gasteiger partial charge >= 0.3 is 26.2 Å². The van der Waals surface area contributed by atoms with Gasteiger partial charge in [0, 0.05) is 0 Å². The fraction of sp³-hybridized carbons (Fsp3) is 0.353. The van der Waals surface area contributed by atoms with Gasteiger partial charge in [0.15, 0.2) is 0 Å². The topological polar surface area (TPSA) is 109 Å². The van der Waals surface area contributed by atoms with Crippen LogP contribution in [0.5, 0.6) is 0 Å². The van der Waals surface area contributed by atoms with Crippen LogP contribution < -0.4 is 0 Å².